The molecule has 21 heavy (non-hydrogen) atoms. The van der Waals surface area contributed by atoms with E-state index in [2.05, 4.69) is 11.4 Å². The highest BCUT2D eigenvalue weighted by Gasteiger charge is 2.22. The second kappa shape index (κ2) is 12.1. The predicted molar refractivity (Wildman–Crippen MR) is 79.7 cm³/mol. The highest BCUT2D eigenvalue weighted by Crippen LogP contribution is 2.42. The molecule has 0 aromatic rings. The predicted octanol–water partition coefficient (Wildman–Crippen LogP) is 2.37. The zero-order chi connectivity index (χ0) is 16.1. The molecular formula is C13H28NO6P. The number of rotatable bonds is 13. The topological polar surface area (TPSA) is 108 Å². The third-order valence-corrected chi connectivity index (χ3v) is 3.65. The van der Waals surface area contributed by atoms with Crippen molar-refractivity contribution in [3.8, 4) is 0 Å². The molecule has 0 saturated carbocycles. The first-order valence-corrected chi connectivity index (χ1v) is 8.92. The highest BCUT2D eigenvalue weighted by atomic mass is 31.2. The zero-order valence-corrected chi connectivity index (χ0v) is 13.8. The summed E-state index contributed by atoms with van der Waals surface area (Å²) in [5, 5.41) is 0. The van der Waals surface area contributed by atoms with Gasteiger partial charge in [-0.05, 0) is 13.3 Å². The number of ether oxygens (including phenoxy) is 1. The first-order chi connectivity index (χ1) is 9.91. The zero-order valence-electron chi connectivity index (χ0n) is 13.0. The van der Waals surface area contributed by atoms with E-state index >= 15 is 0 Å². The van der Waals surface area contributed by atoms with E-state index < -0.39 is 13.9 Å². The van der Waals surface area contributed by atoms with Gasteiger partial charge in [0.15, 0.2) is 0 Å². The molecule has 0 fully saturated rings. The van der Waals surface area contributed by atoms with Gasteiger partial charge in [0.25, 0.3) is 0 Å². The van der Waals surface area contributed by atoms with Crippen LogP contribution in [-0.4, -0.2) is 36.7 Å². The fourth-order valence-electron chi connectivity index (χ4n) is 1.59. The molecule has 7 nitrogen and oxygen atoms in total. The van der Waals surface area contributed by atoms with Gasteiger partial charge in [0, 0.05) is 13.0 Å². The van der Waals surface area contributed by atoms with E-state index in [1.54, 1.807) is 6.92 Å². The molecule has 2 atom stereocenters. The molecule has 8 heteroatoms. The number of esters is 1. The smallest absolute Gasteiger partial charge is 0.460 e. The van der Waals surface area contributed by atoms with Crippen molar-refractivity contribution in [3.05, 3.63) is 0 Å². The van der Waals surface area contributed by atoms with Crippen molar-refractivity contribution in [2.45, 2.75) is 58.5 Å². The minimum Gasteiger partial charge on any atom is -0.460 e. The van der Waals surface area contributed by atoms with Crippen LogP contribution in [0, 0.1) is 0 Å². The van der Waals surface area contributed by atoms with Crippen LogP contribution in [0.3, 0.4) is 0 Å². The van der Waals surface area contributed by atoms with E-state index in [1.165, 1.54) is 6.42 Å². The Bertz CT molecular complexity index is 326. The van der Waals surface area contributed by atoms with Crippen LogP contribution in [0.2, 0.25) is 0 Å². The fourth-order valence-corrected chi connectivity index (χ4v) is 2.40. The Kier molecular flexibility index (Phi) is 11.9. The van der Waals surface area contributed by atoms with Crippen LogP contribution in [0.4, 0.5) is 0 Å². The summed E-state index contributed by atoms with van der Waals surface area (Å²) in [6, 6.07) is 0. The minimum atomic E-state index is -4.11. The van der Waals surface area contributed by atoms with Crippen molar-refractivity contribution in [2.24, 2.45) is 5.73 Å². The summed E-state index contributed by atoms with van der Waals surface area (Å²) in [5.41, 5.74) is 5.15. The molecule has 0 saturated heterocycles. The van der Waals surface area contributed by atoms with E-state index in [1.807, 2.05) is 0 Å². The Morgan fingerprint density at radius 2 is 1.90 bits per heavy atom. The van der Waals surface area contributed by atoms with E-state index in [0.717, 1.165) is 25.7 Å². The number of nitrogens with two attached hydrogens (primary N) is 1. The molecule has 0 aliphatic heterocycles. The lowest BCUT2D eigenvalue weighted by Crippen LogP contribution is -2.20. The van der Waals surface area contributed by atoms with E-state index in [4.69, 9.17) is 15.0 Å². The number of carbonyl (C=O) groups is 1. The molecule has 0 bridgehead atoms. The Hall–Kier alpha value is -0.460. The molecular weight excluding hydrogens is 297 g/mol. The number of hydrogen-bond acceptors (Lipinski definition) is 6. The Morgan fingerprint density at radius 1 is 1.24 bits per heavy atom. The molecule has 0 rings (SSSR count). The third-order valence-electron chi connectivity index (χ3n) is 2.66. The number of hydrogen-bond donors (Lipinski definition) is 2. The van der Waals surface area contributed by atoms with Gasteiger partial charge in [-0.2, -0.15) is 0 Å². The lowest BCUT2D eigenvalue weighted by atomic mass is 10.1. The van der Waals surface area contributed by atoms with Crippen LogP contribution in [0.5, 0.6) is 0 Å². The second-order valence-corrected chi connectivity index (χ2v) is 6.30. The molecule has 1 unspecified atom stereocenters. The van der Waals surface area contributed by atoms with Crippen molar-refractivity contribution in [1.82, 2.24) is 0 Å². The van der Waals surface area contributed by atoms with Gasteiger partial charge in [0.1, 0.15) is 6.10 Å². The summed E-state index contributed by atoms with van der Waals surface area (Å²) < 4.78 is 25.7. The Labute approximate surface area is 126 Å². The number of unbranched alkanes of at least 4 members (excludes halogenated alkanes) is 4. The molecule has 0 aromatic heterocycles. The Morgan fingerprint density at radius 3 is 2.52 bits per heavy atom. The molecule has 0 aliphatic rings. The SMILES string of the molecule is CCCCCCCC(=O)O[C@H](C)COP(=O)(O)OCCN. The first-order valence-electron chi connectivity index (χ1n) is 7.42. The van der Waals surface area contributed by atoms with Crippen LogP contribution in [0.25, 0.3) is 0 Å². The van der Waals surface area contributed by atoms with Crippen molar-refractivity contribution >= 4 is 13.8 Å². The summed E-state index contributed by atoms with van der Waals surface area (Å²) in [6.07, 6.45) is 5.01. The fraction of sp³-hybridized carbons (Fsp3) is 0.923. The average molecular weight is 325 g/mol. The molecule has 126 valence electrons. The summed E-state index contributed by atoms with van der Waals surface area (Å²) in [5.74, 6) is -0.321. The quantitative estimate of drug-likeness (QED) is 0.304. The molecule has 0 aromatic carbocycles. The maximum absolute atomic E-state index is 11.5. The van der Waals surface area contributed by atoms with Crippen molar-refractivity contribution in [3.63, 3.8) is 0 Å². The van der Waals surface area contributed by atoms with Crippen molar-refractivity contribution in [2.75, 3.05) is 19.8 Å². The van der Waals surface area contributed by atoms with Gasteiger partial charge < -0.3 is 15.4 Å². The molecule has 0 amide bonds. The molecule has 3 N–H and O–H groups in total. The maximum atomic E-state index is 11.5. The van der Waals surface area contributed by atoms with Crippen LogP contribution in [0.1, 0.15) is 52.4 Å². The molecule has 0 aliphatic carbocycles. The lowest BCUT2D eigenvalue weighted by Gasteiger charge is -2.16. The normalized spacial score (nSPS) is 15.4. The van der Waals surface area contributed by atoms with Crippen molar-refractivity contribution in [1.29, 1.82) is 0 Å². The largest absolute Gasteiger partial charge is 0.472 e. The first kappa shape index (κ1) is 20.5. The van der Waals surface area contributed by atoms with E-state index in [-0.39, 0.29) is 25.7 Å². The van der Waals surface area contributed by atoms with Gasteiger partial charge in [-0.25, -0.2) is 4.57 Å². The summed E-state index contributed by atoms with van der Waals surface area (Å²) in [4.78, 5) is 20.8. The second-order valence-electron chi connectivity index (χ2n) is 4.85. The van der Waals surface area contributed by atoms with E-state index in [0.29, 0.717) is 6.42 Å². The third kappa shape index (κ3) is 13.0. The summed E-state index contributed by atoms with van der Waals surface area (Å²) >= 11 is 0. The highest BCUT2D eigenvalue weighted by molar-refractivity contribution is 7.47. The van der Waals surface area contributed by atoms with Crippen LogP contribution < -0.4 is 5.73 Å². The molecule has 0 heterocycles. The number of phosphoric ester groups is 1. The van der Waals surface area contributed by atoms with E-state index in [9.17, 15) is 14.3 Å². The molecule has 0 spiro atoms. The van der Waals surface area contributed by atoms with Gasteiger partial charge >= 0.3 is 13.8 Å². The van der Waals surface area contributed by atoms with Crippen LogP contribution >= 0.6 is 7.82 Å². The van der Waals surface area contributed by atoms with Crippen LogP contribution in [-0.2, 0) is 23.1 Å². The molecule has 0 radical (unpaired) electrons. The lowest BCUT2D eigenvalue weighted by molar-refractivity contribution is -0.150. The maximum Gasteiger partial charge on any atom is 0.472 e. The minimum absolute atomic E-state index is 0.0697. The monoisotopic (exact) mass is 325 g/mol. The summed E-state index contributed by atoms with van der Waals surface area (Å²) in [6.45, 7) is 3.58. The standard InChI is InChI=1S/C13H28NO6P/c1-3-4-5-6-7-8-13(15)20-12(2)11-19-21(16,17)18-10-9-14/h12H,3-11,14H2,1-2H3,(H,16,17)/t12-/m1/s1. The summed E-state index contributed by atoms with van der Waals surface area (Å²) in [7, 11) is -4.11. The van der Waals surface area contributed by atoms with Gasteiger partial charge in [-0.3, -0.25) is 13.8 Å². The number of carbonyl (C=O) groups excluding carboxylic acids is 1. The van der Waals surface area contributed by atoms with Gasteiger partial charge in [0.2, 0.25) is 0 Å². The van der Waals surface area contributed by atoms with Crippen molar-refractivity contribution < 1.29 is 28.0 Å². The van der Waals surface area contributed by atoms with Gasteiger partial charge in [-0.15, -0.1) is 0 Å². The van der Waals surface area contributed by atoms with Gasteiger partial charge in [-0.1, -0.05) is 32.6 Å². The number of phosphoric acid groups is 1. The Balaban J connectivity index is 3.75. The van der Waals surface area contributed by atoms with Gasteiger partial charge in [0.05, 0.1) is 13.2 Å². The van der Waals surface area contributed by atoms with Crippen LogP contribution in [0.15, 0.2) is 0 Å². The average Bonchev–Trinajstić information content (AvgIpc) is 2.43.